The molecule has 4 saturated carbocycles. The van der Waals surface area contributed by atoms with Crippen molar-refractivity contribution in [2.75, 3.05) is 40.8 Å². The standard InChI is InChI=1S/C24H36N2O2.HI/c1-26(2,3)10-9-25-23(27)8-11-28-22-6-4-21(5-7-22)24-15-18-12-19(16-24)14-20(13-18)17-24;/h4-7,18-20H,8-17H2,1-3H3;1H. The fourth-order valence-corrected chi connectivity index (χ4v) is 6.25. The van der Waals surface area contributed by atoms with E-state index in [0.29, 0.717) is 25.0 Å². The second-order valence-electron chi connectivity index (χ2n) is 10.7. The molecule has 1 aromatic carbocycles. The van der Waals surface area contributed by atoms with Crippen molar-refractivity contribution in [3.05, 3.63) is 29.8 Å². The van der Waals surface area contributed by atoms with Gasteiger partial charge in [0.25, 0.3) is 0 Å². The highest BCUT2D eigenvalue weighted by molar-refractivity contribution is 5.75. The van der Waals surface area contributed by atoms with Gasteiger partial charge in [-0.05, 0) is 79.4 Å². The predicted octanol–water partition coefficient (Wildman–Crippen LogP) is 0.750. The van der Waals surface area contributed by atoms with Crippen molar-refractivity contribution in [3.63, 3.8) is 0 Å². The van der Waals surface area contributed by atoms with Gasteiger partial charge in [-0.3, -0.25) is 4.79 Å². The average molecular weight is 512 g/mol. The fourth-order valence-electron chi connectivity index (χ4n) is 6.25. The molecule has 4 aliphatic rings. The Morgan fingerprint density at radius 1 is 1.03 bits per heavy atom. The highest BCUT2D eigenvalue weighted by Crippen LogP contribution is 2.60. The SMILES string of the molecule is C[N+](C)(C)CCNC(=O)CCOc1ccc(C23CC4CC(CC(C4)C2)C3)cc1.[I-]. The lowest BCUT2D eigenvalue weighted by Crippen LogP contribution is -3.00. The zero-order valence-electron chi connectivity index (χ0n) is 18.3. The molecule has 0 heterocycles. The van der Waals surface area contributed by atoms with Crippen LogP contribution in [0.2, 0.25) is 0 Å². The van der Waals surface area contributed by atoms with E-state index in [2.05, 4.69) is 50.7 Å². The van der Waals surface area contributed by atoms with Crippen LogP contribution >= 0.6 is 0 Å². The molecule has 1 aromatic rings. The smallest absolute Gasteiger partial charge is 0.223 e. The molecule has 0 radical (unpaired) electrons. The second-order valence-corrected chi connectivity index (χ2v) is 10.7. The summed E-state index contributed by atoms with van der Waals surface area (Å²) in [6.07, 6.45) is 9.05. The molecule has 0 spiro atoms. The molecule has 162 valence electrons. The van der Waals surface area contributed by atoms with Gasteiger partial charge in [-0.1, -0.05) is 12.1 Å². The Balaban J connectivity index is 0.00000240. The number of amides is 1. The third-order valence-electron chi connectivity index (χ3n) is 7.21. The zero-order valence-corrected chi connectivity index (χ0v) is 20.4. The lowest BCUT2D eigenvalue weighted by atomic mass is 9.48. The minimum atomic E-state index is 0. The minimum Gasteiger partial charge on any atom is -1.00 e. The van der Waals surface area contributed by atoms with Gasteiger partial charge in [0.05, 0.1) is 47.3 Å². The van der Waals surface area contributed by atoms with E-state index in [9.17, 15) is 4.79 Å². The van der Waals surface area contributed by atoms with Crippen LogP contribution in [-0.4, -0.2) is 51.2 Å². The van der Waals surface area contributed by atoms with E-state index in [-0.39, 0.29) is 29.9 Å². The van der Waals surface area contributed by atoms with E-state index in [1.165, 1.54) is 44.1 Å². The van der Waals surface area contributed by atoms with E-state index in [0.717, 1.165) is 34.5 Å². The van der Waals surface area contributed by atoms with E-state index in [1.54, 1.807) is 0 Å². The molecule has 4 aliphatic carbocycles. The number of hydrogen-bond acceptors (Lipinski definition) is 2. The Morgan fingerprint density at radius 3 is 2.10 bits per heavy atom. The number of nitrogens with one attached hydrogen (secondary N) is 1. The number of likely N-dealkylation sites (N-methyl/N-ethyl adjacent to an activating group) is 1. The predicted molar refractivity (Wildman–Crippen MR) is 112 cm³/mol. The molecule has 4 bridgehead atoms. The van der Waals surface area contributed by atoms with Crippen LogP contribution in [0.3, 0.4) is 0 Å². The lowest BCUT2D eigenvalue weighted by molar-refractivity contribution is -0.869. The van der Waals surface area contributed by atoms with Crippen LogP contribution in [0.15, 0.2) is 24.3 Å². The summed E-state index contributed by atoms with van der Waals surface area (Å²) in [6, 6.07) is 8.82. The number of carbonyl (C=O) groups is 1. The van der Waals surface area contributed by atoms with Crippen molar-refractivity contribution in [3.8, 4) is 5.75 Å². The summed E-state index contributed by atoms with van der Waals surface area (Å²) >= 11 is 0. The van der Waals surface area contributed by atoms with Crippen molar-refractivity contribution < 1.29 is 38.0 Å². The molecule has 0 aromatic heterocycles. The largest absolute Gasteiger partial charge is 1.00 e. The molecule has 5 heteroatoms. The van der Waals surface area contributed by atoms with Crippen LogP contribution in [0.1, 0.15) is 50.5 Å². The topological polar surface area (TPSA) is 38.3 Å². The quantitative estimate of drug-likeness (QED) is 0.413. The summed E-state index contributed by atoms with van der Waals surface area (Å²) in [6.45, 7) is 2.08. The van der Waals surface area contributed by atoms with Crippen LogP contribution < -0.4 is 34.0 Å². The number of ether oxygens (including phenoxy) is 1. The van der Waals surface area contributed by atoms with E-state index < -0.39 is 0 Å². The molecule has 0 aliphatic heterocycles. The van der Waals surface area contributed by atoms with Crippen LogP contribution in [0.25, 0.3) is 0 Å². The van der Waals surface area contributed by atoms with Gasteiger partial charge in [-0.2, -0.15) is 0 Å². The summed E-state index contributed by atoms with van der Waals surface area (Å²) in [7, 11) is 6.38. The maximum absolute atomic E-state index is 11.9. The molecular formula is C24H37IN2O2. The van der Waals surface area contributed by atoms with Crippen LogP contribution in [0.5, 0.6) is 5.75 Å². The summed E-state index contributed by atoms with van der Waals surface area (Å²) in [5.74, 6) is 3.86. The number of nitrogens with zero attached hydrogens (tertiary/aromatic N) is 1. The molecular weight excluding hydrogens is 475 g/mol. The first-order valence-corrected chi connectivity index (χ1v) is 11.1. The van der Waals surface area contributed by atoms with Crippen LogP contribution in [0, 0.1) is 17.8 Å². The lowest BCUT2D eigenvalue weighted by Gasteiger charge is -2.57. The highest BCUT2D eigenvalue weighted by atomic mass is 127. The second kappa shape index (κ2) is 9.13. The maximum atomic E-state index is 11.9. The highest BCUT2D eigenvalue weighted by Gasteiger charge is 2.51. The molecule has 1 amide bonds. The summed E-state index contributed by atoms with van der Waals surface area (Å²) in [5, 5.41) is 2.97. The zero-order chi connectivity index (χ0) is 19.8. The van der Waals surface area contributed by atoms with Gasteiger partial charge in [0.2, 0.25) is 5.91 Å². The molecule has 5 rings (SSSR count). The number of quaternary nitrogens is 1. The van der Waals surface area contributed by atoms with Gasteiger partial charge >= 0.3 is 0 Å². The summed E-state index contributed by atoms with van der Waals surface area (Å²) in [5.41, 5.74) is 1.97. The van der Waals surface area contributed by atoms with Gasteiger partial charge in [0.15, 0.2) is 0 Å². The fraction of sp³-hybridized carbons (Fsp3) is 0.708. The summed E-state index contributed by atoms with van der Waals surface area (Å²) in [4.78, 5) is 11.9. The first-order valence-electron chi connectivity index (χ1n) is 11.1. The van der Waals surface area contributed by atoms with Crippen LogP contribution in [0.4, 0.5) is 0 Å². The Hall–Kier alpha value is -0.820. The van der Waals surface area contributed by atoms with Gasteiger partial charge < -0.3 is 38.5 Å². The molecule has 0 saturated heterocycles. The van der Waals surface area contributed by atoms with Crippen molar-refractivity contribution >= 4 is 5.91 Å². The number of carbonyl (C=O) groups excluding carboxylic acids is 1. The molecule has 1 N–H and O–H groups in total. The average Bonchev–Trinajstić information content (AvgIpc) is 2.60. The minimum absolute atomic E-state index is 0. The molecule has 4 fully saturated rings. The van der Waals surface area contributed by atoms with Gasteiger partial charge in [0.1, 0.15) is 5.75 Å². The van der Waals surface area contributed by atoms with Gasteiger partial charge in [0, 0.05) is 0 Å². The van der Waals surface area contributed by atoms with Crippen molar-refractivity contribution in [2.24, 2.45) is 17.8 Å². The maximum Gasteiger partial charge on any atom is 0.223 e. The van der Waals surface area contributed by atoms with Crippen molar-refractivity contribution in [1.29, 1.82) is 0 Å². The van der Waals surface area contributed by atoms with Gasteiger partial charge in [-0.25, -0.2) is 0 Å². The van der Waals surface area contributed by atoms with Gasteiger partial charge in [-0.15, -0.1) is 0 Å². The first kappa shape index (κ1) is 22.9. The third kappa shape index (κ3) is 5.66. The molecule has 0 unspecified atom stereocenters. The normalized spacial score (nSPS) is 30.0. The molecule has 4 nitrogen and oxygen atoms in total. The first-order chi connectivity index (χ1) is 13.3. The van der Waals surface area contributed by atoms with Crippen LogP contribution in [-0.2, 0) is 10.2 Å². The molecule has 0 atom stereocenters. The van der Waals surface area contributed by atoms with E-state index in [1.807, 2.05) is 0 Å². The Bertz CT molecular complexity index is 661. The Labute approximate surface area is 193 Å². The van der Waals surface area contributed by atoms with Crippen molar-refractivity contribution in [1.82, 2.24) is 5.32 Å². The molecule has 29 heavy (non-hydrogen) atoms. The third-order valence-corrected chi connectivity index (χ3v) is 7.21. The number of benzene rings is 1. The number of hydrogen-bond donors (Lipinski definition) is 1. The van der Waals surface area contributed by atoms with Crippen molar-refractivity contribution in [2.45, 2.75) is 50.4 Å². The number of rotatable bonds is 8. The van der Waals surface area contributed by atoms with E-state index >= 15 is 0 Å². The summed E-state index contributed by atoms with van der Waals surface area (Å²) < 4.78 is 6.69. The monoisotopic (exact) mass is 512 g/mol. The van der Waals surface area contributed by atoms with E-state index in [4.69, 9.17) is 4.74 Å². The Kier molecular flexibility index (Phi) is 7.19. The Morgan fingerprint density at radius 2 is 1.59 bits per heavy atom. The number of halogens is 1.